The molecule has 1 aromatic heterocycles. The van der Waals surface area contributed by atoms with E-state index in [0.717, 1.165) is 30.2 Å². The number of rotatable bonds is 2. The van der Waals surface area contributed by atoms with E-state index in [2.05, 4.69) is 9.97 Å². The first kappa shape index (κ1) is 12.8. The Morgan fingerprint density at radius 3 is 2.95 bits per heavy atom. The highest BCUT2D eigenvalue weighted by Crippen LogP contribution is 2.23. The zero-order valence-corrected chi connectivity index (χ0v) is 11.2. The van der Waals surface area contributed by atoms with Gasteiger partial charge in [-0.15, -0.1) is 0 Å². The molecule has 5 heteroatoms. The van der Waals surface area contributed by atoms with Crippen molar-refractivity contribution in [2.75, 3.05) is 11.4 Å². The van der Waals surface area contributed by atoms with E-state index in [1.807, 2.05) is 29.2 Å². The van der Waals surface area contributed by atoms with Gasteiger partial charge in [0.05, 0.1) is 5.52 Å². The molecule has 1 fully saturated rings. The molecule has 1 N–H and O–H groups in total. The molecule has 1 saturated heterocycles. The van der Waals surface area contributed by atoms with Crippen molar-refractivity contribution in [3.05, 3.63) is 30.5 Å². The van der Waals surface area contributed by atoms with E-state index < -0.39 is 12.0 Å². The molecule has 20 heavy (non-hydrogen) atoms. The Hall–Kier alpha value is -2.17. The number of aliphatic carboxylic acids is 1. The lowest BCUT2D eigenvalue weighted by atomic mass is 10.1. The quantitative estimate of drug-likeness (QED) is 0.908. The van der Waals surface area contributed by atoms with E-state index in [9.17, 15) is 9.90 Å². The lowest BCUT2D eigenvalue weighted by molar-refractivity contribution is -0.138. The number of carbonyl (C=O) groups is 1. The molecule has 1 unspecified atom stereocenters. The van der Waals surface area contributed by atoms with E-state index in [4.69, 9.17) is 0 Å². The summed E-state index contributed by atoms with van der Waals surface area (Å²) in [6.07, 6.45) is 5.42. The van der Waals surface area contributed by atoms with Gasteiger partial charge in [-0.1, -0.05) is 31.0 Å². The third kappa shape index (κ3) is 2.43. The highest BCUT2D eigenvalue weighted by molar-refractivity contribution is 5.80. The number of carboxylic acid groups (broad SMARTS) is 1. The Morgan fingerprint density at radius 1 is 1.25 bits per heavy atom. The topological polar surface area (TPSA) is 66.3 Å². The largest absolute Gasteiger partial charge is 0.480 e. The van der Waals surface area contributed by atoms with Gasteiger partial charge in [-0.25, -0.2) is 14.8 Å². The number of aromatic nitrogens is 2. The molecule has 5 nitrogen and oxygen atoms in total. The maximum atomic E-state index is 11.5. The van der Waals surface area contributed by atoms with Crippen molar-refractivity contribution >= 4 is 22.8 Å². The number of benzene rings is 1. The van der Waals surface area contributed by atoms with Gasteiger partial charge in [-0.2, -0.15) is 0 Å². The smallest absolute Gasteiger partial charge is 0.326 e. The van der Waals surface area contributed by atoms with E-state index in [0.29, 0.717) is 18.9 Å². The molecule has 0 bridgehead atoms. The van der Waals surface area contributed by atoms with E-state index in [1.165, 1.54) is 0 Å². The molecule has 1 aliphatic rings. The van der Waals surface area contributed by atoms with Crippen molar-refractivity contribution in [2.45, 2.75) is 31.7 Å². The monoisotopic (exact) mass is 271 g/mol. The van der Waals surface area contributed by atoms with Crippen LogP contribution in [0.1, 0.15) is 25.7 Å². The molecule has 2 heterocycles. The summed E-state index contributed by atoms with van der Waals surface area (Å²) in [6.45, 7) is 0.704. The second kappa shape index (κ2) is 5.45. The van der Waals surface area contributed by atoms with Gasteiger partial charge in [-0.3, -0.25) is 0 Å². The highest BCUT2D eigenvalue weighted by atomic mass is 16.4. The number of para-hydroxylation sites is 1. The molecular formula is C15H17N3O2. The van der Waals surface area contributed by atoms with Crippen LogP contribution in [0.25, 0.3) is 10.9 Å². The van der Waals surface area contributed by atoms with Crippen molar-refractivity contribution in [1.82, 2.24) is 9.97 Å². The van der Waals surface area contributed by atoms with Crippen LogP contribution in [0.2, 0.25) is 0 Å². The van der Waals surface area contributed by atoms with Gasteiger partial charge in [0.15, 0.2) is 0 Å². The predicted molar refractivity (Wildman–Crippen MR) is 76.8 cm³/mol. The number of hydrogen-bond acceptors (Lipinski definition) is 4. The first-order valence-corrected chi connectivity index (χ1v) is 6.97. The van der Waals surface area contributed by atoms with Gasteiger partial charge in [0.1, 0.15) is 6.04 Å². The third-order valence-electron chi connectivity index (χ3n) is 3.77. The molecule has 0 radical (unpaired) electrons. The summed E-state index contributed by atoms with van der Waals surface area (Å²) in [6, 6.07) is 7.23. The Morgan fingerprint density at radius 2 is 2.10 bits per heavy atom. The average molecular weight is 271 g/mol. The molecule has 2 aromatic rings. The first-order chi connectivity index (χ1) is 9.75. The van der Waals surface area contributed by atoms with Crippen LogP contribution >= 0.6 is 0 Å². The van der Waals surface area contributed by atoms with Crippen molar-refractivity contribution in [3.63, 3.8) is 0 Å². The van der Waals surface area contributed by atoms with Crippen molar-refractivity contribution in [3.8, 4) is 0 Å². The molecule has 0 spiro atoms. The van der Waals surface area contributed by atoms with Crippen LogP contribution in [0.4, 0.5) is 5.95 Å². The normalized spacial score (nSPS) is 19.8. The lowest BCUT2D eigenvalue weighted by Crippen LogP contribution is -2.41. The number of fused-ring (bicyclic) bond motifs is 1. The van der Waals surface area contributed by atoms with Gasteiger partial charge >= 0.3 is 5.97 Å². The van der Waals surface area contributed by atoms with Crippen LogP contribution in [0.3, 0.4) is 0 Å². The van der Waals surface area contributed by atoms with Crippen LogP contribution < -0.4 is 4.90 Å². The zero-order valence-electron chi connectivity index (χ0n) is 11.2. The highest BCUT2D eigenvalue weighted by Gasteiger charge is 2.28. The molecule has 1 aliphatic heterocycles. The summed E-state index contributed by atoms with van der Waals surface area (Å²) in [7, 11) is 0. The van der Waals surface area contributed by atoms with Crippen LogP contribution in [0.15, 0.2) is 30.5 Å². The minimum atomic E-state index is -0.788. The maximum absolute atomic E-state index is 11.5. The van der Waals surface area contributed by atoms with E-state index in [-0.39, 0.29) is 0 Å². The summed E-state index contributed by atoms with van der Waals surface area (Å²) in [5.74, 6) is -0.262. The minimum Gasteiger partial charge on any atom is -0.480 e. The number of anilines is 1. The Kier molecular flexibility index (Phi) is 3.50. The van der Waals surface area contributed by atoms with Crippen LogP contribution in [0, 0.1) is 0 Å². The zero-order chi connectivity index (χ0) is 13.9. The van der Waals surface area contributed by atoms with Crippen molar-refractivity contribution in [2.24, 2.45) is 0 Å². The summed E-state index contributed by atoms with van der Waals surface area (Å²) in [4.78, 5) is 22.2. The average Bonchev–Trinajstić information content (AvgIpc) is 2.72. The van der Waals surface area contributed by atoms with Crippen molar-refractivity contribution < 1.29 is 9.90 Å². The Balaban J connectivity index is 2.00. The number of hydrogen-bond donors (Lipinski definition) is 1. The van der Waals surface area contributed by atoms with Gasteiger partial charge in [0.2, 0.25) is 5.95 Å². The van der Waals surface area contributed by atoms with Crippen molar-refractivity contribution in [1.29, 1.82) is 0 Å². The summed E-state index contributed by atoms with van der Waals surface area (Å²) >= 11 is 0. The Bertz CT molecular complexity index is 629. The van der Waals surface area contributed by atoms with Gasteiger partial charge in [-0.05, 0) is 18.9 Å². The second-order valence-electron chi connectivity index (χ2n) is 5.13. The molecule has 1 aromatic carbocycles. The maximum Gasteiger partial charge on any atom is 0.326 e. The standard InChI is InChI=1S/C15H17N3O2/c19-14(20)13-8-2-1-5-9-18(13)15-16-10-11-6-3-4-7-12(11)17-15/h3-4,6-7,10,13H,1-2,5,8-9H2,(H,19,20). The minimum absolute atomic E-state index is 0.515. The summed E-state index contributed by atoms with van der Waals surface area (Å²) < 4.78 is 0. The van der Waals surface area contributed by atoms with E-state index in [1.54, 1.807) is 6.20 Å². The van der Waals surface area contributed by atoms with Crippen LogP contribution in [-0.4, -0.2) is 33.6 Å². The van der Waals surface area contributed by atoms with Gasteiger partial charge in [0.25, 0.3) is 0 Å². The molecular weight excluding hydrogens is 254 g/mol. The van der Waals surface area contributed by atoms with Gasteiger partial charge in [0, 0.05) is 18.1 Å². The molecule has 0 aliphatic carbocycles. The third-order valence-corrected chi connectivity index (χ3v) is 3.77. The second-order valence-corrected chi connectivity index (χ2v) is 5.13. The Labute approximate surface area is 117 Å². The van der Waals surface area contributed by atoms with Gasteiger partial charge < -0.3 is 10.0 Å². The van der Waals surface area contributed by atoms with Crippen LogP contribution in [-0.2, 0) is 4.79 Å². The van der Waals surface area contributed by atoms with E-state index >= 15 is 0 Å². The summed E-state index contributed by atoms with van der Waals surface area (Å²) in [5, 5.41) is 10.4. The lowest BCUT2D eigenvalue weighted by Gasteiger charge is -2.26. The molecule has 0 amide bonds. The fourth-order valence-corrected chi connectivity index (χ4v) is 2.71. The first-order valence-electron chi connectivity index (χ1n) is 6.97. The number of carboxylic acids is 1. The summed E-state index contributed by atoms with van der Waals surface area (Å²) in [5.41, 5.74) is 0.853. The SMILES string of the molecule is O=C(O)C1CCCCCN1c1ncc2ccccc2n1. The molecule has 104 valence electrons. The number of nitrogens with zero attached hydrogens (tertiary/aromatic N) is 3. The fraction of sp³-hybridized carbons (Fsp3) is 0.400. The molecule has 0 saturated carbocycles. The van der Waals surface area contributed by atoms with Crippen LogP contribution in [0.5, 0.6) is 0 Å². The molecule has 1 atom stereocenters. The predicted octanol–water partition coefficient (Wildman–Crippen LogP) is 2.46. The molecule has 3 rings (SSSR count). The fourth-order valence-electron chi connectivity index (χ4n) is 2.71.